The second kappa shape index (κ2) is 13.0. The molecule has 210 valence electrons. The minimum atomic E-state index is -0.462. The predicted molar refractivity (Wildman–Crippen MR) is 151 cm³/mol. The summed E-state index contributed by atoms with van der Waals surface area (Å²) in [6, 6.07) is 7.84. The highest BCUT2D eigenvalue weighted by Crippen LogP contribution is 2.34. The van der Waals surface area contributed by atoms with Crippen molar-refractivity contribution in [3.05, 3.63) is 40.9 Å². The van der Waals surface area contributed by atoms with Crippen LogP contribution in [0.15, 0.2) is 29.6 Å². The molecule has 1 amide bonds. The molecule has 1 aromatic carbocycles. The van der Waals surface area contributed by atoms with Crippen LogP contribution in [0.3, 0.4) is 0 Å². The van der Waals surface area contributed by atoms with Gasteiger partial charge in [0.2, 0.25) is 17.7 Å². The fourth-order valence-corrected chi connectivity index (χ4v) is 4.61. The molecule has 1 aliphatic heterocycles. The first kappa shape index (κ1) is 28.5. The minimum Gasteiger partial charge on any atom is -0.479 e. The molecule has 3 heterocycles. The topological polar surface area (TPSA) is 120 Å². The molecule has 3 aromatic rings. The highest BCUT2D eigenvalue weighted by molar-refractivity contribution is 7.11. The van der Waals surface area contributed by atoms with Gasteiger partial charge < -0.3 is 29.6 Å². The Hall–Kier alpha value is -3.48. The number of thiazole rings is 1. The number of benzene rings is 1. The number of ether oxygens (including phenoxy) is 4. The van der Waals surface area contributed by atoms with E-state index in [1.807, 2.05) is 18.2 Å². The molecule has 2 N–H and O–H groups in total. The van der Waals surface area contributed by atoms with E-state index in [0.29, 0.717) is 23.4 Å². The van der Waals surface area contributed by atoms with E-state index in [1.165, 1.54) is 25.6 Å². The zero-order valence-corrected chi connectivity index (χ0v) is 23.9. The predicted octanol–water partition coefficient (Wildman–Crippen LogP) is 4.43. The molecule has 1 saturated heterocycles. The summed E-state index contributed by atoms with van der Waals surface area (Å²) in [5.74, 6) is 0.906. The molecule has 12 heteroatoms. The molecular formula is C27H36N6O5S. The fraction of sp³-hybridized carbons (Fsp3) is 0.481. The van der Waals surface area contributed by atoms with Gasteiger partial charge in [0.25, 0.3) is 11.1 Å². The SMILES string of the molecule is COc1nc(NCCCN2CCOCC2)nc(OC)c1NC(=O)c1csc(Oc2cccc(C(C)(C)C)c2)n1. The van der Waals surface area contributed by atoms with E-state index in [4.69, 9.17) is 18.9 Å². The second-order valence-corrected chi connectivity index (χ2v) is 10.8. The number of rotatable bonds is 11. The summed E-state index contributed by atoms with van der Waals surface area (Å²) < 4.78 is 22.2. The van der Waals surface area contributed by atoms with Gasteiger partial charge in [0.05, 0.1) is 27.4 Å². The van der Waals surface area contributed by atoms with E-state index in [1.54, 1.807) is 5.38 Å². The number of hydrogen-bond acceptors (Lipinski definition) is 11. The number of carbonyl (C=O) groups excluding carboxylic acids is 1. The van der Waals surface area contributed by atoms with Crippen molar-refractivity contribution in [2.75, 3.05) is 64.2 Å². The molecule has 0 bridgehead atoms. The van der Waals surface area contributed by atoms with Crippen molar-refractivity contribution in [3.63, 3.8) is 0 Å². The Morgan fingerprint density at radius 3 is 2.49 bits per heavy atom. The lowest BCUT2D eigenvalue weighted by atomic mass is 9.87. The van der Waals surface area contributed by atoms with E-state index < -0.39 is 5.91 Å². The number of aromatic nitrogens is 3. The molecule has 0 spiro atoms. The third-order valence-electron chi connectivity index (χ3n) is 6.13. The summed E-state index contributed by atoms with van der Waals surface area (Å²) in [6.45, 7) is 11.5. The Bertz CT molecular complexity index is 1230. The van der Waals surface area contributed by atoms with E-state index in [0.717, 1.165) is 44.8 Å². The van der Waals surface area contributed by atoms with Gasteiger partial charge >= 0.3 is 0 Å². The molecule has 1 aliphatic rings. The molecule has 0 saturated carbocycles. The average molecular weight is 557 g/mol. The molecular weight excluding hydrogens is 520 g/mol. The van der Waals surface area contributed by atoms with Gasteiger partial charge in [-0.2, -0.15) is 15.0 Å². The van der Waals surface area contributed by atoms with Crippen molar-refractivity contribution < 1.29 is 23.7 Å². The van der Waals surface area contributed by atoms with Crippen LogP contribution >= 0.6 is 11.3 Å². The maximum Gasteiger partial charge on any atom is 0.279 e. The largest absolute Gasteiger partial charge is 0.479 e. The lowest BCUT2D eigenvalue weighted by Crippen LogP contribution is -2.37. The zero-order chi connectivity index (χ0) is 27.8. The number of hydrogen-bond donors (Lipinski definition) is 2. The Balaban J connectivity index is 1.39. The fourth-order valence-electron chi connectivity index (χ4n) is 3.94. The quantitative estimate of drug-likeness (QED) is 0.328. The summed E-state index contributed by atoms with van der Waals surface area (Å²) >= 11 is 1.23. The first-order valence-electron chi connectivity index (χ1n) is 12.9. The molecule has 39 heavy (non-hydrogen) atoms. The van der Waals surface area contributed by atoms with Gasteiger partial charge in [0.1, 0.15) is 11.4 Å². The summed E-state index contributed by atoms with van der Waals surface area (Å²) in [4.78, 5) is 28.6. The molecule has 0 unspecified atom stereocenters. The van der Waals surface area contributed by atoms with E-state index >= 15 is 0 Å². The Morgan fingerprint density at radius 1 is 1.10 bits per heavy atom. The second-order valence-electron chi connectivity index (χ2n) is 10.0. The van der Waals surface area contributed by atoms with E-state index in [-0.39, 0.29) is 28.6 Å². The monoisotopic (exact) mass is 556 g/mol. The van der Waals surface area contributed by atoms with Crippen LogP contribution in [0.25, 0.3) is 0 Å². The Labute approximate surface area is 232 Å². The molecule has 11 nitrogen and oxygen atoms in total. The van der Waals surface area contributed by atoms with E-state index in [2.05, 4.69) is 57.3 Å². The lowest BCUT2D eigenvalue weighted by Gasteiger charge is -2.26. The van der Waals surface area contributed by atoms with Crippen molar-refractivity contribution in [2.24, 2.45) is 0 Å². The van der Waals surface area contributed by atoms with Crippen LogP contribution in [-0.4, -0.2) is 79.4 Å². The molecule has 0 atom stereocenters. The van der Waals surface area contributed by atoms with Gasteiger partial charge in [-0.1, -0.05) is 44.2 Å². The number of amides is 1. The number of anilines is 2. The van der Waals surface area contributed by atoms with Gasteiger partial charge in [0.15, 0.2) is 5.69 Å². The van der Waals surface area contributed by atoms with Gasteiger partial charge in [-0.25, -0.2) is 0 Å². The number of morpholine rings is 1. The van der Waals surface area contributed by atoms with E-state index in [9.17, 15) is 4.79 Å². The smallest absolute Gasteiger partial charge is 0.279 e. The van der Waals surface area contributed by atoms with Gasteiger partial charge in [-0.15, -0.1) is 0 Å². The zero-order valence-electron chi connectivity index (χ0n) is 23.1. The molecule has 0 radical (unpaired) electrons. The van der Waals surface area contributed by atoms with Crippen molar-refractivity contribution in [2.45, 2.75) is 32.6 Å². The summed E-state index contributed by atoms with van der Waals surface area (Å²) in [5, 5.41) is 7.96. The van der Waals surface area contributed by atoms with Crippen LogP contribution in [-0.2, 0) is 10.2 Å². The van der Waals surface area contributed by atoms with Crippen molar-refractivity contribution in [3.8, 4) is 22.7 Å². The van der Waals surface area contributed by atoms with Crippen LogP contribution in [0.1, 0.15) is 43.2 Å². The molecule has 0 aliphatic carbocycles. The van der Waals surface area contributed by atoms with Crippen LogP contribution in [0.2, 0.25) is 0 Å². The summed E-state index contributed by atoms with van der Waals surface area (Å²) in [5.41, 5.74) is 1.54. The number of nitrogens with zero attached hydrogens (tertiary/aromatic N) is 4. The van der Waals surface area contributed by atoms with Crippen LogP contribution in [0, 0.1) is 0 Å². The minimum absolute atomic E-state index is 0.0124. The lowest BCUT2D eigenvalue weighted by molar-refractivity contribution is 0.0378. The standard InChI is InChI=1S/C27H36N6O5S/c1-27(2,3)18-8-6-9-19(16-18)38-26-29-20(17-39-26)22(34)30-21-23(35-4)31-25(32-24(21)36-5)28-10-7-11-33-12-14-37-15-13-33/h6,8-9,16-17H,7,10-15H2,1-5H3,(H,30,34)(H,28,31,32). The first-order chi connectivity index (χ1) is 18.8. The van der Waals surface area contributed by atoms with Gasteiger partial charge in [-0.05, 0) is 36.1 Å². The maximum absolute atomic E-state index is 13.0. The summed E-state index contributed by atoms with van der Waals surface area (Å²) in [7, 11) is 2.94. The van der Waals surface area contributed by atoms with Crippen LogP contribution in [0.4, 0.5) is 11.6 Å². The van der Waals surface area contributed by atoms with Gasteiger partial charge in [0, 0.05) is 25.0 Å². The highest BCUT2D eigenvalue weighted by atomic mass is 32.1. The van der Waals surface area contributed by atoms with Crippen molar-refractivity contribution in [1.29, 1.82) is 0 Å². The normalized spacial score (nSPS) is 14.1. The highest BCUT2D eigenvalue weighted by Gasteiger charge is 2.22. The maximum atomic E-state index is 13.0. The third-order valence-corrected chi connectivity index (χ3v) is 6.84. The van der Waals surface area contributed by atoms with Crippen molar-refractivity contribution >= 4 is 28.9 Å². The summed E-state index contributed by atoms with van der Waals surface area (Å²) in [6.07, 6.45) is 0.918. The number of methoxy groups -OCH3 is 2. The number of nitrogens with one attached hydrogen (secondary N) is 2. The molecule has 2 aromatic heterocycles. The molecule has 1 fully saturated rings. The molecule has 4 rings (SSSR count). The number of carbonyl (C=O) groups is 1. The van der Waals surface area contributed by atoms with Crippen LogP contribution in [0.5, 0.6) is 22.7 Å². The Morgan fingerprint density at radius 2 is 1.82 bits per heavy atom. The van der Waals surface area contributed by atoms with Crippen molar-refractivity contribution in [1.82, 2.24) is 19.9 Å². The third kappa shape index (κ3) is 7.78. The average Bonchev–Trinajstić information content (AvgIpc) is 3.40. The van der Waals surface area contributed by atoms with Gasteiger partial charge in [-0.3, -0.25) is 9.69 Å². The Kier molecular flexibility index (Phi) is 9.54. The first-order valence-corrected chi connectivity index (χ1v) is 13.7. The van der Waals surface area contributed by atoms with Crippen LogP contribution < -0.4 is 24.8 Å².